The standard InChI is InChI=1S/C20H10F5N3O/c21-16-3-1-2-15(18(16)22)19(29)13(11-26)10-12-4-6-14(7-5-12)28-9-8-17(27-28)20(23,24)25/h1-10H/b13-10+. The summed E-state index contributed by atoms with van der Waals surface area (Å²) < 4.78 is 66.0. The summed E-state index contributed by atoms with van der Waals surface area (Å²) in [5, 5.41) is 12.7. The lowest BCUT2D eigenvalue weighted by Crippen LogP contribution is -2.07. The molecule has 0 saturated carbocycles. The number of carbonyl (C=O) groups is 1. The van der Waals surface area contributed by atoms with E-state index < -0.39 is 40.4 Å². The van der Waals surface area contributed by atoms with E-state index in [9.17, 15) is 32.0 Å². The van der Waals surface area contributed by atoms with Crippen LogP contribution in [0.25, 0.3) is 11.8 Å². The second kappa shape index (κ2) is 7.67. The molecule has 4 nitrogen and oxygen atoms in total. The number of hydrogen-bond acceptors (Lipinski definition) is 3. The number of nitriles is 1. The van der Waals surface area contributed by atoms with Gasteiger partial charge in [0.25, 0.3) is 0 Å². The van der Waals surface area contributed by atoms with Gasteiger partial charge < -0.3 is 0 Å². The van der Waals surface area contributed by atoms with Crippen LogP contribution in [0.15, 0.2) is 60.3 Å². The zero-order chi connectivity index (χ0) is 21.2. The van der Waals surface area contributed by atoms with E-state index >= 15 is 0 Å². The number of alkyl halides is 3. The Kier molecular flexibility index (Phi) is 5.28. The minimum absolute atomic E-state index is 0.318. The molecule has 0 spiro atoms. The minimum Gasteiger partial charge on any atom is -0.288 e. The fourth-order valence-electron chi connectivity index (χ4n) is 2.48. The van der Waals surface area contributed by atoms with Gasteiger partial charge in [-0.2, -0.15) is 23.5 Å². The SMILES string of the molecule is N#C/C(=C\c1ccc(-n2ccc(C(F)(F)F)n2)cc1)C(=O)c1cccc(F)c1F. The highest BCUT2D eigenvalue weighted by molar-refractivity contribution is 6.14. The molecule has 146 valence electrons. The van der Waals surface area contributed by atoms with E-state index in [2.05, 4.69) is 5.10 Å². The number of Topliss-reactive ketones (excluding diaryl/α,β-unsaturated/α-hetero) is 1. The number of rotatable bonds is 4. The molecule has 0 aliphatic carbocycles. The van der Waals surface area contributed by atoms with Gasteiger partial charge in [0.15, 0.2) is 17.3 Å². The molecule has 29 heavy (non-hydrogen) atoms. The van der Waals surface area contributed by atoms with Crippen LogP contribution in [0.2, 0.25) is 0 Å². The first-order valence-electron chi connectivity index (χ1n) is 8.04. The number of allylic oxidation sites excluding steroid dienone is 1. The van der Waals surface area contributed by atoms with Gasteiger partial charge in [-0.3, -0.25) is 4.79 Å². The lowest BCUT2D eigenvalue weighted by Gasteiger charge is -2.05. The minimum atomic E-state index is -4.57. The second-order valence-corrected chi connectivity index (χ2v) is 5.84. The maximum Gasteiger partial charge on any atom is 0.435 e. The van der Waals surface area contributed by atoms with Gasteiger partial charge in [0.2, 0.25) is 5.78 Å². The third kappa shape index (κ3) is 4.21. The van der Waals surface area contributed by atoms with Gasteiger partial charge in [-0.05, 0) is 42.0 Å². The lowest BCUT2D eigenvalue weighted by atomic mass is 10.0. The van der Waals surface area contributed by atoms with Crippen LogP contribution in [-0.2, 0) is 6.18 Å². The summed E-state index contributed by atoms with van der Waals surface area (Å²) >= 11 is 0. The number of nitrogens with zero attached hydrogens (tertiary/aromatic N) is 3. The van der Waals surface area contributed by atoms with Gasteiger partial charge in [-0.1, -0.05) is 18.2 Å². The summed E-state index contributed by atoms with van der Waals surface area (Å²) in [6, 6.07) is 11.3. The average Bonchev–Trinajstić information content (AvgIpc) is 3.19. The Labute approximate surface area is 161 Å². The summed E-state index contributed by atoms with van der Waals surface area (Å²) in [6.45, 7) is 0. The van der Waals surface area contributed by atoms with E-state index in [1.165, 1.54) is 30.3 Å². The second-order valence-electron chi connectivity index (χ2n) is 5.84. The molecule has 9 heteroatoms. The van der Waals surface area contributed by atoms with Crippen molar-refractivity contribution in [3.05, 3.63) is 88.8 Å². The zero-order valence-electron chi connectivity index (χ0n) is 14.4. The molecule has 3 rings (SSSR count). The Balaban J connectivity index is 1.88. The van der Waals surface area contributed by atoms with Crippen LogP contribution >= 0.6 is 0 Å². The summed E-state index contributed by atoms with van der Waals surface area (Å²) in [5.74, 6) is -3.56. The number of halogens is 5. The topological polar surface area (TPSA) is 58.7 Å². The summed E-state index contributed by atoms with van der Waals surface area (Å²) in [6.07, 6.45) is -2.26. The third-order valence-corrected chi connectivity index (χ3v) is 3.91. The van der Waals surface area contributed by atoms with Gasteiger partial charge in [0.05, 0.1) is 11.3 Å². The Morgan fingerprint density at radius 3 is 2.34 bits per heavy atom. The molecule has 1 aromatic heterocycles. The van der Waals surface area contributed by atoms with Crippen LogP contribution in [-0.4, -0.2) is 15.6 Å². The molecule has 1 heterocycles. The van der Waals surface area contributed by atoms with Crippen molar-refractivity contribution in [2.75, 3.05) is 0 Å². The molecule has 0 aliphatic heterocycles. The van der Waals surface area contributed by atoms with E-state index in [1.807, 2.05) is 0 Å². The summed E-state index contributed by atoms with van der Waals surface area (Å²) in [5.41, 5.74) is -1.38. The Hall–Kier alpha value is -3.80. The molecule has 3 aromatic rings. The molecule has 0 atom stereocenters. The van der Waals surface area contributed by atoms with Crippen LogP contribution in [0.3, 0.4) is 0 Å². The molecular formula is C20H10F5N3O. The van der Waals surface area contributed by atoms with E-state index in [4.69, 9.17) is 0 Å². The molecule has 0 bridgehead atoms. The molecule has 0 fully saturated rings. The van der Waals surface area contributed by atoms with Crippen molar-refractivity contribution in [1.29, 1.82) is 5.26 Å². The van der Waals surface area contributed by atoms with Crippen LogP contribution in [0.4, 0.5) is 22.0 Å². The van der Waals surface area contributed by atoms with Gasteiger partial charge in [-0.25, -0.2) is 13.5 Å². The molecule has 2 aromatic carbocycles. The van der Waals surface area contributed by atoms with Crippen molar-refractivity contribution >= 4 is 11.9 Å². The van der Waals surface area contributed by atoms with Crippen LogP contribution in [0.5, 0.6) is 0 Å². The first-order valence-corrected chi connectivity index (χ1v) is 8.04. The van der Waals surface area contributed by atoms with E-state index in [-0.39, 0.29) is 0 Å². The van der Waals surface area contributed by atoms with Crippen molar-refractivity contribution in [3.8, 4) is 11.8 Å². The quantitative estimate of drug-likeness (QED) is 0.268. The van der Waals surface area contributed by atoms with Gasteiger partial charge in [0.1, 0.15) is 11.6 Å². The first kappa shape index (κ1) is 19.9. The Morgan fingerprint density at radius 1 is 1.07 bits per heavy atom. The lowest BCUT2D eigenvalue weighted by molar-refractivity contribution is -0.141. The van der Waals surface area contributed by atoms with Crippen molar-refractivity contribution in [2.24, 2.45) is 0 Å². The molecular weight excluding hydrogens is 393 g/mol. The van der Waals surface area contributed by atoms with Gasteiger partial charge in [-0.15, -0.1) is 0 Å². The highest BCUT2D eigenvalue weighted by Crippen LogP contribution is 2.28. The zero-order valence-corrected chi connectivity index (χ0v) is 14.4. The molecule has 0 aliphatic rings. The van der Waals surface area contributed by atoms with Crippen LogP contribution in [0.1, 0.15) is 21.6 Å². The number of carbonyl (C=O) groups excluding carboxylic acids is 1. The molecule has 0 saturated heterocycles. The normalized spacial score (nSPS) is 11.9. The smallest absolute Gasteiger partial charge is 0.288 e. The van der Waals surface area contributed by atoms with Gasteiger partial charge >= 0.3 is 6.18 Å². The van der Waals surface area contributed by atoms with E-state index in [0.717, 1.165) is 35.1 Å². The Bertz CT molecular complexity index is 1140. The van der Waals surface area contributed by atoms with Crippen molar-refractivity contribution in [1.82, 2.24) is 9.78 Å². The predicted octanol–water partition coefficient (Wildman–Crippen LogP) is 4.96. The van der Waals surface area contributed by atoms with Crippen molar-refractivity contribution in [2.45, 2.75) is 6.18 Å². The van der Waals surface area contributed by atoms with E-state index in [0.29, 0.717) is 11.3 Å². The van der Waals surface area contributed by atoms with Crippen molar-refractivity contribution in [3.63, 3.8) is 0 Å². The fourth-order valence-corrected chi connectivity index (χ4v) is 2.48. The third-order valence-electron chi connectivity index (χ3n) is 3.91. The first-order chi connectivity index (χ1) is 13.7. The monoisotopic (exact) mass is 403 g/mol. The molecule has 0 amide bonds. The predicted molar refractivity (Wildman–Crippen MR) is 92.8 cm³/mol. The van der Waals surface area contributed by atoms with E-state index in [1.54, 1.807) is 6.07 Å². The Morgan fingerprint density at radius 2 is 1.76 bits per heavy atom. The average molecular weight is 403 g/mol. The maximum atomic E-state index is 13.8. The fraction of sp³-hybridized carbons (Fsp3) is 0.0500. The summed E-state index contributed by atoms with van der Waals surface area (Å²) in [4.78, 5) is 12.3. The highest BCUT2D eigenvalue weighted by Gasteiger charge is 2.33. The molecule has 0 unspecified atom stereocenters. The molecule has 0 N–H and O–H groups in total. The van der Waals surface area contributed by atoms with Gasteiger partial charge in [0, 0.05) is 6.20 Å². The highest BCUT2D eigenvalue weighted by atomic mass is 19.4. The van der Waals surface area contributed by atoms with Crippen LogP contribution in [0, 0.1) is 23.0 Å². The van der Waals surface area contributed by atoms with Crippen LogP contribution < -0.4 is 0 Å². The number of hydrogen-bond donors (Lipinski definition) is 0. The number of aromatic nitrogens is 2. The molecule has 0 radical (unpaired) electrons. The van der Waals surface area contributed by atoms with Crippen molar-refractivity contribution < 1.29 is 26.7 Å². The number of benzene rings is 2. The largest absolute Gasteiger partial charge is 0.435 e. The maximum absolute atomic E-state index is 13.8. The number of ketones is 1. The summed E-state index contributed by atoms with van der Waals surface area (Å²) in [7, 11) is 0.